The van der Waals surface area contributed by atoms with Gasteiger partial charge in [0.05, 0.1) is 12.2 Å². The van der Waals surface area contributed by atoms with Crippen LogP contribution in [0.3, 0.4) is 0 Å². The van der Waals surface area contributed by atoms with Crippen molar-refractivity contribution in [1.82, 2.24) is 0 Å². The summed E-state index contributed by atoms with van der Waals surface area (Å²) < 4.78 is 11.8. The summed E-state index contributed by atoms with van der Waals surface area (Å²) >= 11 is 0. The van der Waals surface area contributed by atoms with Crippen molar-refractivity contribution in [3.8, 4) is 0 Å². The number of aliphatic hydroxyl groups excluding tert-OH is 1. The van der Waals surface area contributed by atoms with Crippen molar-refractivity contribution in [2.75, 3.05) is 0 Å². The summed E-state index contributed by atoms with van der Waals surface area (Å²) in [7, 11) is -1.88. The van der Waals surface area contributed by atoms with E-state index in [0.29, 0.717) is 0 Å². The fourth-order valence-electron chi connectivity index (χ4n) is 1.54. The van der Waals surface area contributed by atoms with Crippen LogP contribution >= 0.6 is 0 Å². The highest BCUT2D eigenvalue weighted by molar-refractivity contribution is 6.74. The van der Waals surface area contributed by atoms with Crippen molar-refractivity contribution < 1.29 is 14.3 Å². The maximum absolute atomic E-state index is 10.1. The molecule has 4 heteroatoms. The average Bonchev–Trinajstić information content (AvgIpc) is 2.22. The zero-order valence-corrected chi connectivity index (χ0v) is 14.9. The third-order valence-electron chi connectivity index (χ3n) is 3.91. The number of hydrogen-bond donors (Lipinski definition) is 1. The average molecular weight is 289 g/mol. The van der Waals surface area contributed by atoms with Crippen molar-refractivity contribution >= 4 is 8.32 Å². The molecule has 3 nitrogen and oxygen atoms in total. The van der Waals surface area contributed by atoms with Gasteiger partial charge in [0.1, 0.15) is 0 Å². The molecule has 0 bridgehead atoms. The molecule has 0 aromatic heterocycles. The minimum Gasteiger partial charge on any atom is -0.409 e. The van der Waals surface area contributed by atoms with Crippen molar-refractivity contribution in [3.63, 3.8) is 0 Å². The van der Waals surface area contributed by atoms with Gasteiger partial charge in [-0.25, -0.2) is 0 Å². The Morgan fingerprint density at radius 2 is 1.79 bits per heavy atom. The van der Waals surface area contributed by atoms with Crippen LogP contribution in [-0.4, -0.2) is 31.9 Å². The van der Waals surface area contributed by atoms with Gasteiger partial charge in [0.15, 0.2) is 14.6 Å². The first-order valence-electron chi connectivity index (χ1n) is 7.09. The topological polar surface area (TPSA) is 38.7 Å². The third-order valence-corrected chi connectivity index (χ3v) is 8.49. The van der Waals surface area contributed by atoms with E-state index in [0.717, 1.165) is 12.0 Å². The summed E-state index contributed by atoms with van der Waals surface area (Å²) in [6, 6.07) is 0. The second-order valence-corrected chi connectivity index (χ2v) is 11.6. The van der Waals surface area contributed by atoms with Crippen LogP contribution in [0.2, 0.25) is 18.1 Å². The summed E-state index contributed by atoms with van der Waals surface area (Å²) in [6.45, 7) is 20.6. The Morgan fingerprint density at radius 3 is 2.11 bits per heavy atom. The smallest absolute Gasteiger partial charge is 0.192 e. The van der Waals surface area contributed by atoms with E-state index in [9.17, 15) is 5.11 Å². The zero-order chi connectivity index (χ0) is 15.4. The van der Waals surface area contributed by atoms with Crippen LogP contribution < -0.4 is 0 Å². The van der Waals surface area contributed by atoms with Crippen LogP contribution in [0.1, 0.15) is 48.0 Å². The molecule has 0 aliphatic rings. The molecule has 1 N–H and O–H groups in total. The van der Waals surface area contributed by atoms with Crippen LogP contribution in [0.25, 0.3) is 0 Å². The van der Waals surface area contributed by atoms with Gasteiger partial charge in [0.2, 0.25) is 0 Å². The second kappa shape index (κ2) is 7.02. The third kappa shape index (κ3) is 5.77. The van der Waals surface area contributed by atoms with Gasteiger partial charge >= 0.3 is 0 Å². The van der Waals surface area contributed by atoms with Gasteiger partial charge in [-0.15, -0.1) is 0 Å². The Kier molecular flexibility index (Phi) is 6.96. The number of ether oxygens (including phenoxy) is 1. The molecule has 0 aromatic rings. The molecule has 0 rings (SSSR count). The molecule has 0 aromatic carbocycles. The van der Waals surface area contributed by atoms with Crippen LogP contribution in [0.5, 0.6) is 0 Å². The fraction of sp³-hybridized carbons (Fsp3) is 0.867. The minimum atomic E-state index is -1.88. The molecule has 3 atom stereocenters. The molecule has 1 unspecified atom stereocenters. The minimum absolute atomic E-state index is 0.111. The van der Waals surface area contributed by atoms with E-state index in [1.165, 1.54) is 0 Å². The molecule has 0 saturated heterocycles. The first kappa shape index (κ1) is 18.8. The normalized spacial score (nSPS) is 17.9. The standard InChI is InChI=1S/C15H32O3Si/c1-10-13(11(2)3)17-14(16)12(4)18-19(8,9)15(5,6)7/h12-14,16H,2,10H2,1,3-9H3/t12-,13+,14?/m0/s1. The van der Waals surface area contributed by atoms with Gasteiger partial charge in [0, 0.05) is 0 Å². The lowest BCUT2D eigenvalue weighted by Gasteiger charge is -2.39. The molecule has 0 radical (unpaired) electrons. The molecule has 114 valence electrons. The lowest BCUT2D eigenvalue weighted by molar-refractivity contribution is -0.171. The molecule has 0 spiro atoms. The first-order chi connectivity index (χ1) is 8.42. The molecular weight excluding hydrogens is 256 g/mol. The molecule has 0 saturated carbocycles. The quantitative estimate of drug-likeness (QED) is 0.436. The zero-order valence-electron chi connectivity index (χ0n) is 13.9. The molecule has 0 heterocycles. The van der Waals surface area contributed by atoms with E-state index in [1.807, 2.05) is 20.8 Å². The molecule has 0 aliphatic heterocycles. The predicted octanol–water partition coefficient (Wildman–Crippen LogP) is 4.09. The fourth-order valence-corrected chi connectivity index (χ4v) is 2.94. The Balaban J connectivity index is 4.58. The van der Waals surface area contributed by atoms with Gasteiger partial charge in [-0.05, 0) is 38.4 Å². The predicted molar refractivity (Wildman–Crippen MR) is 83.7 cm³/mol. The summed E-state index contributed by atoms with van der Waals surface area (Å²) in [6.07, 6.45) is -0.537. The first-order valence-corrected chi connectivity index (χ1v) is 10.00. The maximum atomic E-state index is 10.1. The number of aliphatic hydroxyl groups is 1. The molecule has 0 aliphatic carbocycles. The monoisotopic (exact) mass is 288 g/mol. The molecule has 0 fully saturated rings. The highest BCUT2D eigenvalue weighted by Crippen LogP contribution is 2.37. The van der Waals surface area contributed by atoms with Gasteiger partial charge in [-0.1, -0.05) is 39.8 Å². The lowest BCUT2D eigenvalue weighted by Crippen LogP contribution is -2.47. The van der Waals surface area contributed by atoms with Crippen molar-refractivity contribution in [1.29, 1.82) is 0 Å². The van der Waals surface area contributed by atoms with E-state index >= 15 is 0 Å². The van der Waals surface area contributed by atoms with Crippen LogP contribution in [0.4, 0.5) is 0 Å². The van der Waals surface area contributed by atoms with E-state index in [2.05, 4.69) is 40.4 Å². The van der Waals surface area contributed by atoms with Crippen LogP contribution in [0.15, 0.2) is 12.2 Å². The molecule has 19 heavy (non-hydrogen) atoms. The van der Waals surface area contributed by atoms with Crippen molar-refractivity contribution in [3.05, 3.63) is 12.2 Å². The van der Waals surface area contributed by atoms with Crippen molar-refractivity contribution in [2.24, 2.45) is 0 Å². The summed E-state index contributed by atoms with van der Waals surface area (Å²) in [4.78, 5) is 0. The van der Waals surface area contributed by atoms with E-state index < -0.39 is 14.6 Å². The Labute approximate surface area is 120 Å². The van der Waals surface area contributed by atoms with E-state index in [1.54, 1.807) is 0 Å². The summed E-state index contributed by atoms with van der Waals surface area (Å²) in [5.74, 6) is 0. The van der Waals surface area contributed by atoms with E-state index in [-0.39, 0.29) is 17.2 Å². The Bertz CT molecular complexity index is 294. The van der Waals surface area contributed by atoms with Crippen LogP contribution in [-0.2, 0) is 9.16 Å². The molecular formula is C15H32O3Si. The SMILES string of the molecule is C=C(C)[C@@H](CC)OC(O)[C@H](C)O[Si](C)(C)C(C)(C)C. The highest BCUT2D eigenvalue weighted by atomic mass is 28.4. The van der Waals surface area contributed by atoms with Gasteiger partial charge in [0.25, 0.3) is 0 Å². The lowest BCUT2D eigenvalue weighted by atomic mass is 10.1. The molecule has 0 amide bonds. The van der Waals surface area contributed by atoms with Gasteiger partial charge < -0.3 is 14.3 Å². The summed E-state index contributed by atoms with van der Waals surface area (Å²) in [5, 5.41) is 10.3. The number of hydrogen-bond acceptors (Lipinski definition) is 3. The summed E-state index contributed by atoms with van der Waals surface area (Å²) in [5.41, 5.74) is 0.932. The number of rotatable bonds is 7. The largest absolute Gasteiger partial charge is 0.409 e. The Hall–Kier alpha value is -0.163. The van der Waals surface area contributed by atoms with Gasteiger partial charge in [-0.3, -0.25) is 0 Å². The maximum Gasteiger partial charge on any atom is 0.192 e. The van der Waals surface area contributed by atoms with Crippen LogP contribution in [0, 0.1) is 0 Å². The van der Waals surface area contributed by atoms with E-state index in [4.69, 9.17) is 9.16 Å². The van der Waals surface area contributed by atoms with Crippen molar-refractivity contribution in [2.45, 2.75) is 84.6 Å². The Morgan fingerprint density at radius 1 is 1.32 bits per heavy atom. The highest BCUT2D eigenvalue weighted by Gasteiger charge is 2.39. The van der Waals surface area contributed by atoms with Gasteiger partial charge in [-0.2, -0.15) is 0 Å². The second-order valence-electron chi connectivity index (χ2n) is 6.85.